The predicted molar refractivity (Wildman–Crippen MR) is 102 cm³/mol. The summed E-state index contributed by atoms with van der Waals surface area (Å²) >= 11 is 0. The summed E-state index contributed by atoms with van der Waals surface area (Å²) in [5.41, 5.74) is 3.36. The summed E-state index contributed by atoms with van der Waals surface area (Å²) < 4.78 is 5.30. The molecule has 4 fully saturated rings. The number of carbonyl (C=O) groups excluding carboxylic acids is 1. The largest absolute Gasteiger partial charge is 0.469 e. The lowest BCUT2D eigenvalue weighted by molar-refractivity contribution is -0.173. The molecule has 6 aliphatic rings. The topological polar surface area (TPSA) is 49.8 Å². The van der Waals surface area contributed by atoms with Gasteiger partial charge in [0.25, 0.3) is 0 Å². The average molecular weight is 372 g/mol. The third kappa shape index (κ3) is 1.73. The van der Waals surface area contributed by atoms with Crippen molar-refractivity contribution >= 4 is 5.97 Å². The van der Waals surface area contributed by atoms with Crippen LogP contribution in [0, 0.1) is 40.4 Å². The number of hydrogen-bond donors (Lipinski definition) is 1. The van der Waals surface area contributed by atoms with Crippen LogP contribution in [-0.4, -0.2) is 48.8 Å². The molecule has 0 aromatic carbocycles. The van der Waals surface area contributed by atoms with Crippen molar-refractivity contribution in [3.8, 4) is 0 Å². The van der Waals surface area contributed by atoms with Gasteiger partial charge < -0.3 is 9.84 Å². The highest BCUT2D eigenvalue weighted by Gasteiger charge is 2.75. The molecule has 4 nitrogen and oxygen atoms in total. The molecule has 2 saturated carbocycles. The molecule has 8 atom stereocenters. The van der Waals surface area contributed by atoms with E-state index in [4.69, 9.17) is 4.74 Å². The van der Waals surface area contributed by atoms with Gasteiger partial charge in [0.05, 0.1) is 13.0 Å². The van der Waals surface area contributed by atoms with Gasteiger partial charge in [0.1, 0.15) is 0 Å². The predicted octanol–water partition coefficient (Wildman–Crippen LogP) is 3.00. The minimum absolute atomic E-state index is 0.000111. The van der Waals surface area contributed by atoms with Crippen molar-refractivity contribution in [3.63, 3.8) is 0 Å². The van der Waals surface area contributed by atoms with Gasteiger partial charge in [0.2, 0.25) is 0 Å². The summed E-state index contributed by atoms with van der Waals surface area (Å²) in [5.74, 6) is 2.44. The van der Waals surface area contributed by atoms with Gasteiger partial charge in [0.15, 0.2) is 0 Å². The highest BCUT2D eigenvalue weighted by molar-refractivity contribution is 5.75. The number of allylic oxidation sites excluding steroid dienone is 1. The first-order chi connectivity index (χ1) is 13.1. The number of rotatable bonds is 2. The quantitative estimate of drug-likeness (QED) is 0.599. The third-order valence-electron chi connectivity index (χ3n) is 10.2. The SMILES string of the molecule is COC(=O)[C@@H]1C[C@@]23C4=C(CC[C@H]5CN6C[C@H](C)[C@@H](CC[C@@]52CO)[C@H]63)CC[C@@H]41. The van der Waals surface area contributed by atoms with Crippen molar-refractivity contribution in [2.24, 2.45) is 40.4 Å². The Balaban J connectivity index is 1.61. The maximum atomic E-state index is 12.8. The van der Waals surface area contributed by atoms with Crippen LogP contribution >= 0.6 is 0 Å². The molecule has 0 amide bonds. The fraction of sp³-hybridized carbons (Fsp3) is 0.870. The second-order valence-electron chi connectivity index (χ2n) is 10.6. The molecule has 27 heavy (non-hydrogen) atoms. The van der Waals surface area contributed by atoms with Crippen LogP contribution in [0.1, 0.15) is 51.9 Å². The Bertz CT molecular complexity index is 731. The summed E-state index contributed by atoms with van der Waals surface area (Å²) in [7, 11) is 1.56. The number of esters is 1. The highest BCUT2D eigenvalue weighted by Crippen LogP contribution is 2.76. The van der Waals surface area contributed by atoms with Gasteiger partial charge in [-0.05, 0) is 68.6 Å². The number of carbonyl (C=O) groups is 1. The monoisotopic (exact) mass is 371 g/mol. The summed E-state index contributed by atoms with van der Waals surface area (Å²) in [6.07, 6.45) is 8.10. The van der Waals surface area contributed by atoms with E-state index in [1.165, 1.54) is 38.8 Å². The molecule has 4 bridgehead atoms. The lowest BCUT2D eigenvalue weighted by atomic mass is 9.43. The van der Waals surface area contributed by atoms with E-state index in [0.717, 1.165) is 31.1 Å². The Morgan fingerprint density at radius 2 is 2.07 bits per heavy atom. The van der Waals surface area contributed by atoms with E-state index in [1.54, 1.807) is 18.3 Å². The van der Waals surface area contributed by atoms with E-state index in [0.29, 0.717) is 24.5 Å². The summed E-state index contributed by atoms with van der Waals surface area (Å²) in [6.45, 7) is 5.13. The fourth-order valence-electron chi connectivity index (χ4n) is 9.47. The molecule has 2 saturated heterocycles. The van der Waals surface area contributed by atoms with Gasteiger partial charge in [-0.2, -0.15) is 0 Å². The van der Waals surface area contributed by atoms with Gasteiger partial charge in [-0.15, -0.1) is 0 Å². The zero-order chi connectivity index (χ0) is 18.6. The van der Waals surface area contributed by atoms with Gasteiger partial charge in [-0.1, -0.05) is 18.1 Å². The second-order valence-corrected chi connectivity index (χ2v) is 10.6. The molecule has 0 unspecified atom stereocenters. The molecule has 4 aliphatic carbocycles. The number of aliphatic hydroxyl groups is 1. The maximum Gasteiger partial charge on any atom is 0.309 e. The summed E-state index contributed by atoms with van der Waals surface area (Å²) in [6, 6.07) is 0.544. The van der Waals surface area contributed by atoms with E-state index < -0.39 is 0 Å². The van der Waals surface area contributed by atoms with Crippen LogP contribution in [0.15, 0.2) is 11.1 Å². The van der Waals surface area contributed by atoms with Crippen LogP contribution in [0.4, 0.5) is 0 Å². The number of piperidine rings is 1. The smallest absolute Gasteiger partial charge is 0.309 e. The highest BCUT2D eigenvalue weighted by atomic mass is 16.5. The molecule has 0 aromatic heterocycles. The Kier molecular flexibility index (Phi) is 3.40. The van der Waals surface area contributed by atoms with Crippen molar-refractivity contribution in [3.05, 3.63) is 11.1 Å². The van der Waals surface area contributed by atoms with Crippen molar-refractivity contribution in [2.45, 2.75) is 57.9 Å². The second kappa shape index (κ2) is 5.38. The van der Waals surface area contributed by atoms with Crippen molar-refractivity contribution in [2.75, 3.05) is 26.8 Å². The molecule has 2 heterocycles. The molecule has 1 N–H and O–H groups in total. The molecule has 0 radical (unpaired) electrons. The van der Waals surface area contributed by atoms with E-state index in [9.17, 15) is 9.90 Å². The lowest BCUT2D eigenvalue weighted by Crippen LogP contribution is -2.68. The molecule has 4 heteroatoms. The van der Waals surface area contributed by atoms with Crippen LogP contribution in [0.5, 0.6) is 0 Å². The minimum atomic E-state index is -0.00281. The Labute approximate surface area is 162 Å². The summed E-state index contributed by atoms with van der Waals surface area (Å²) in [4.78, 5) is 15.6. The van der Waals surface area contributed by atoms with E-state index >= 15 is 0 Å². The Morgan fingerprint density at radius 1 is 1.26 bits per heavy atom. The van der Waals surface area contributed by atoms with Crippen molar-refractivity contribution < 1.29 is 14.6 Å². The maximum absolute atomic E-state index is 12.8. The van der Waals surface area contributed by atoms with Gasteiger partial charge in [-0.25, -0.2) is 0 Å². The first-order valence-corrected chi connectivity index (χ1v) is 11.2. The first-order valence-electron chi connectivity index (χ1n) is 11.2. The van der Waals surface area contributed by atoms with E-state index in [2.05, 4.69) is 11.8 Å². The zero-order valence-corrected chi connectivity index (χ0v) is 16.7. The number of hydrogen-bond acceptors (Lipinski definition) is 4. The van der Waals surface area contributed by atoms with Gasteiger partial charge >= 0.3 is 5.97 Å². The van der Waals surface area contributed by atoms with Crippen LogP contribution in [0.25, 0.3) is 0 Å². The van der Waals surface area contributed by atoms with Crippen LogP contribution in [0.3, 0.4) is 0 Å². The third-order valence-corrected chi connectivity index (χ3v) is 10.2. The molecule has 1 spiro atoms. The fourth-order valence-corrected chi connectivity index (χ4v) is 9.47. The van der Waals surface area contributed by atoms with E-state index in [-0.39, 0.29) is 22.7 Å². The van der Waals surface area contributed by atoms with Gasteiger partial charge in [-0.3, -0.25) is 9.69 Å². The van der Waals surface area contributed by atoms with Crippen LogP contribution in [0.2, 0.25) is 0 Å². The number of methoxy groups -OCH3 is 1. The number of aliphatic hydroxyl groups excluding tert-OH is 1. The minimum Gasteiger partial charge on any atom is -0.469 e. The molecular formula is C23H33NO3. The molecule has 6 rings (SSSR count). The number of nitrogens with zero attached hydrogens (tertiary/aromatic N) is 1. The van der Waals surface area contributed by atoms with Crippen LogP contribution in [-0.2, 0) is 9.53 Å². The van der Waals surface area contributed by atoms with Gasteiger partial charge in [0, 0.05) is 36.6 Å². The van der Waals surface area contributed by atoms with Crippen LogP contribution < -0.4 is 0 Å². The molecule has 0 aromatic rings. The zero-order valence-electron chi connectivity index (χ0n) is 16.7. The average Bonchev–Trinajstić information content (AvgIpc) is 3.31. The Hall–Kier alpha value is -0.870. The molecular weight excluding hydrogens is 338 g/mol. The normalized spacial score (nSPS) is 52.7. The first kappa shape index (κ1) is 17.0. The van der Waals surface area contributed by atoms with Crippen molar-refractivity contribution in [1.82, 2.24) is 4.90 Å². The van der Waals surface area contributed by atoms with E-state index in [1.807, 2.05) is 0 Å². The van der Waals surface area contributed by atoms with Crippen molar-refractivity contribution in [1.29, 1.82) is 0 Å². The Morgan fingerprint density at radius 3 is 2.85 bits per heavy atom. The lowest BCUT2D eigenvalue weighted by Gasteiger charge is -2.66. The molecule has 2 aliphatic heterocycles. The number of ether oxygens (including phenoxy) is 1. The standard InChI is InChI=1S/C23H33NO3/c1-13-10-24-11-15-5-3-14-4-6-17-18(21(26)27-2)9-23(19(14)17)20(24)16(13)7-8-22(15,23)12-25/h13,15-18,20,25H,3-12H2,1-2H3/t13-,15-,16+,17+,18+,20-,22+,23-/m0/s1. The molecule has 148 valence electrons. The summed E-state index contributed by atoms with van der Waals surface area (Å²) in [5, 5.41) is 10.9.